The van der Waals surface area contributed by atoms with E-state index in [1.807, 2.05) is 13.0 Å². The molecule has 0 radical (unpaired) electrons. The normalized spacial score (nSPS) is 40.1. The molecule has 19 atom stereocenters. The molecule has 3 aliphatic heterocycles. The molecule has 3 heterocycles. The van der Waals surface area contributed by atoms with E-state index < -0.39 is 117 Å². The number of nitrogens with zero attached hydrogens (tertiary/aromatic N) is 3. The molecule has 23 heteroatoms. The van der Waals surface area contributed by atoms with Gasteiger partial charge in [0.2, 0.25) is 5.91 Å². The van der Waals surface area contributed by atoms with Crippen LogP contribution in [0.3, 0.4) is 0 Å². The molecule has 0 aromatic heterocycles. The molecule has 0 saturated carbocycles. The van der Waals surface area contributed by atoms with Gasteiger partial charge in [0.15, 0.2) is 18.8 Å². The molecule has 3 fully saturated rings. The molecule has 1 aliphatic carbocycles. The number of aliphatic hydroxyl groups excluding tert-OH is 1. The van der Waals surface area contributed by atoms with E-state index in [0.717, 1.165) is 5.57 Å². The van der Waals surface area contributed by atoms with Crippen molar-refractivity contribution in [1.82, 2.24) is 10.6 Å². The molecular weight excluding hydrogens is 826 g/mol. The van der Waals surface area contributed by atoms with Gasteiger partial charge in [0, 0.05) is 89.0 Å². The molecule has 4 rings (SSSR count). The summed E-state index contributed by atoms with van der Waals surface area (Å²) in [5, 5.41) is 20.0. The fraction of sp³-hybridized carbons (Fsp3) is 0.923. The molecular formula is C39H69N5O18. The summed E-state index contributed by atoms with van der Waals surface area (Å²) in [6.45, 7) is 1.68. The molecule has 3 N–H and O–H groups in total. The lowest BCUT2D eigenvalue weighted by atomic mass is 9.80. The Bertz CT molecular complexity index is 1420. The highest BCUT2D eigenvalue weighted by Crippen LogP contribution is 2.37. The molecule has 358 valence electrons. The van der Waals surface area contributed by atoms with Crippen LogP contribution in [-0.2, 0) is 80.6 Å². The zero-order valence-corrected chi connectivity index (χ0v) is 37.8. The molecule has 62 heavy (non-hydrogen) atoms. The molecule has 23 nitrogen and oxygen atoms in total. The number of methoxy groups -OCH3 is 11. The van der Waals surface area contributed by atoms with Crippen molar-refractivity contribution in [2.45, 2.75) is 117 Å². The van der Waals surface area contributed by atoms with Gasteiger partial charge < -0.3 is 91.5 Å². The van der Waals surface area contributed by atoms with Gasteiger partial charge in [0.25, 0.3) is 0 Å². The van der Waals surface area contributed by atoms with E-state index in [4.69, 9.17) is 81.3 Å². The standard InChI is InChI=1S/C39H69N5O18/c1-19-26(42-22-13-20(16-47-2)21(15-45)27(50-5)28(22)51-6)31(52-7)35(56-11)38(58-19)61-30-24(18-49-4)60-39(36(57-12)33(30)54-9)62-29-23(17-48-3)59-37(34(55-10)32(29)53-8)43-25(46)14-41-44-40/h13,19,21-24,26-39,42,45H,14-18H2,1-12H3,(H,43,46)/t19?,21-,22+,23?,24?,26-,27+,28?,29-,30-,31+,32+,33+,34?,35?,36?,37?,38-,39-/m0/s1. The molecule has 0 aromatic carbocycles. The van der Waals surface area contributed by atoms with E-state index >= 15 is 0 Å². The highest BCUT2D eigenvalue weighted by molar-refractivity contribution is 5.78. The zero-order valence-electron chi connectivity index (χ0n) is 37.8. The first-order valence-electron chi connectivity index (χ1n) is 20.4. The van der Waals surface area contributed by atoms with Crippen LogP contribution < -0.4 is 10.6 Å². The summed E-state index contributed by atoms with van der Waals surface area (Å²) in [6.07, 6.45) is -10.8. The summed E-state index contributed by atoms with van der Waals surface area (Å²) in [4.78, 5) is 15.2. The van der Waals surface area contributed by atoms with E-state index in [1.165, 1.54) is 42.7 Å². The van der Waals surface area contributed by atoms with E-state index in [0.29, 0.717) is 6.61 Å². The number of nitrogens with one attached hydrogen (secondary N) is 2. The minimum atomic E-state index is -1.12. The predicted molar refractivity (Wildman–Crippen MR) is 215 cm³/mol. The third-order valence-electron chi connectivity index (χ3n) is 11.9. The minimum absolute atomic E-state index is 0.0226. The summed E-state index contributed by atoms with van der Waals surface area (Å²) in [5.74, 6) is -0.911. The SMILES string of the molecule is COCC1=C[C@@H](N[C@H]2C(C)O[C@@H](O[C@H]3C(COC)O[C@@H](O[C@H]4C(COC)OC(NC(=O)CN=[N+]=[N-])C(OC)[C@@H]4OC)C(OC)[C@@H]3OC)C(OC)[C@@H]2OC)C(OC)[C@H](OC)[C@H]1CO. The first-order valence-corrected chi connectivity index (χ1v) is 20.4. The van der Waals surface area contributed by atoms with Crippen LogP contribution in [0.4, 0.5) is 0 Å². The Labute approximate surface area is 363 Å². The number of carbonyl (C=O) groups is 1. The molecule has 1 amide bonds. The van der Waals surface area contributed by atoms with Crippen molar-refractivity contribution in [3.05, 3.63) is 22.1 Å². The summed E-state index contributed by atoms with van der Waals surface area (Å²) >= 11 is 0. The maximum Gasteiger partial charge on any atom is 0.227 e. The second kappa shape index (κ2) is 26.1. The van der Waals surface area contributed by atoms with Crippen molar-refractivity contribution in [2.24, 2.45) is 11.0 Å². The highest BCUT2D eigenvalue weighted by atomic mass is 16.8. The molecule has 0 aromatic rings. The first-order chi connectivity index (χ1) is 30.0. The number of ether oxygens (including phenoxy) is 16. The molecule has 8 unspecified atom stereocenters. The van der Waals surface area contributed by atoms with Crippen LogP contribution >= 0.6 is 0 Å². The van der Waals surface area contributed by atoms with Gasteiger partial charge in [-0.1, -0.05) is 11.2 Å². The van der Waals surface area contributed by atoms with Gasteiger partial charge in [-0.25, -0.2) is 0 Å². The number of azide groups is 1. The molecule has 0 spiro atoms. The van der Waals surface area contributed by atoms with Crippen LogP contribution in [0.1, 0.15) is 6.92 Å². The van der Waals surface area contributed by atoms with Gasteiger partial charge >= 0.3 is 0 Å². The van der Waals surface area contributed by atoms with Gasteiger partial charge in [-0.3, -0.25) is 4.79 Å². The summed E-state index contributed by atoms with van der Waals surface area (Å²) in [7, 11) is 16.9. The van der Waals surface area contributed by atoms with Crippen LogP contribution in [0.15, 0.2) is 16.8 Å². The smallest absolute Gasteiger partial charge is 0.227 e. The Morgan fingerprint density at radius 3 is 1.69 bits per heavy atom. The van der Waals surface area contributed by atoms with E-state index in [9.17, 15) is 9.90 Å². The number of hydrogen-bond donors (Lipinski definition) is 3. The second-order valence-corrected chi connectivity index (χ2v) is 15.2. The largest absolute Gasteiger partial charge is 0.396 e. The number of hydrogen-bond acceptors (Lipinski definition) is 20. The number of rotatable bonds is 24. The molecule has 3 saturated heterocycles. The van der Waals surface area contributed by atoms with E-state index in [2.05, 4.69) is 20.7 Å². The van der Waals surface area contributed by atoms with Crippen molar-refractivity contribution in [3.63, 3.8) is 0 Å². The Morgan fingerprint density at radius 1 is 0.677 bits per heavy atom. The zero-order chi connectivity index (χ0) is 45.5. The average Bonchev–Trinajstić information content (AvgIpc) is 3.27. The lowest BCUT2D eigenvalue weighted by Gasteiger charge is -2.51. The highest BCUT2D eigenvalue weighted by Gasteiger charge is 2.56. The number of carbonyl (C=O) groups excluding carboxylic acids is 1. The third kappa shape index (κ3) is 12.0. The van der Waals surface area contributed by atoms with Gasteiger partial charge in [0.1, 0.15) is 73.7 Å². The Morgan fingerprint density at radius 2 is 1.19 bits per heavy atom. The van der Waals surface area contributed by atoms with Gasteiger partial charge in [-0.2, -0.15) is 0 Å². The van der Waals surface area contributed by atoms with Crippen molar-refractivity contribution in [2.75, 3.05) is 111 Å². The van der Waals surface area contributed by atoms with Crippen molar-refractivity contribution in [3.8, 4) is 0 Å². The third-order valence-corrected chi connectivity index (χ3v) is 11.9. The van der Waals surface area contributed by atoms with Crippen LogP contribution in [0.2, 0.25) is 0 Å². The molecule has 0 bridgehead atoms. The Kier molecular flexibility index (Phi) is 22.0. The van der Waals surface area contributed by atoms with Crippen LogP contribution in [0.25, 0.3) is 10.4 Å². The summed E-state index contributed by atoms with van der Waals surface area (Å²) in [5.41, 5.74) is 9.56. The van der Waals surface area contributed by atoms with Crippen LogP contribution in [0, 0.1) is 5.92 Å². The number of aliphatic hydroxyl groups is 1. The van der Waals surface area contributed by atoms with E-state index in [-0.39, 0.29) is 31.8 Å². The average molecular weight is 896 g/mol. The van der Waals surface area contributed by atoms with Crippen molar-refractivity contribution in [1.29, 1.82) is 0 Å². The van der Waals surface area contributed by atoms with Gasteiger partial charge in [-0.15, -0.1) is 0 Å². The fourth-order valence-electron chi connectivity index (χ4n) is 9.04. The van der Waals surface area contributed by atoms with Gasteiger partial charge in [0.05, 0.1) is 50.7 Å². The van der Waals surface area contributed by atoms with Crippen LogP contribution in [-0.4, -0.2) is 232 Å². The number of amides is 1. The van der Waals surface area contributed by atoms with E-state index in [1.54, 1.807) is 35.5 Å². The second-order valence-electron chi connectivity index (χ2n) is 15.2. The van der Waals surface area contributed by atoms with Crippen LogP contribution in [0.5, 0.6) is 0 Å². The predicted octanol–water partition coefficient (Wildman–Crippen LogP) is -0.688. The lowest BCUT2D eigenvalue weighted by Crippen LogP contribution is -2.69. The summed E-state index contributed by atoms with van der Waals surface area (Å²) in [6, 6.07) is -0.836. The van der Waals surface area contributed by atoms with Crippen molar-refractivity contribution < 1.29 is 85.7 Å². The van der Waals surface area contributed by atoms with Gasteiger partial charge in [-0.05, 0) is 18.0 Å². The van der Waals surface area contributed by atoms with Crippen molar-refractivity contribution >= 4 is 5.91 Å². The Balaban J connectivity index is 1.60. The monoisotopic (exact) mass is 895 g/mol. The maximum atomic E-state index is 12.6. The quantitative estimate of drug-likeness (QED) is 0.0469. The maximum absolute atomic E-state index is 12.6. The summed E-state index contributed by atoms with van der Waals surface area (Å²) < 4.78 is 97.5. The fourth-order valence-corrected chi connectivity index (χ4v) is 9.04. The Hall–Kier alpha value is -2.20. The lowest BCUT2D eigenvalue weighted by molar-refractivity contribution is -0.375. The topological polar surface area (TPSA) is 258 Å². The minimum Gasteiger partial charge on any atom is -0.396 e. The molecule has 4 aliphatic rings. The first kappa shape index (κ1) is 52.4.